The lowest BCUT2D eigenvalue weighted by molar-refractivity contribution is -0.116. The molecule has 1 aromatic heterocycles. The number of aromatic nitrogens is 2. The fourth-order valence-electron chi connectivity index (χ4n) is 1.98. The number of anilines is 1. The van der Waals surface area contributed by atoms with Gasteiger partial charge in [0.15, 0.2) is 4.34 Å². The van der Waals surface area contributed by atoms with Crippen molar-refractivity contribution in [2.24, 2.45) is 0 Å². The van der Waals surface area contributed by atoms with Gasteiger partial charge in [0.25, 0.3) is 5.24 Å². The molecule has 2 heterocycles. The van der Waals surface area contributed by atoms with Crippen LogP contribution < -0.4 is 5.32 Å². The average Bonchev–Trinajstić information content (AvgIpc) is 3.16. The number of hydrogen-bond acceptors (Lipinski definition) is 7. The van der Waals surface area contributed by atoms with Crippen molar-refractivity contribution in [1.82, 2.24) is 15.1 Å². The summed E-state index contributed by atoms with van der Waals surface area (Å²) in [6, 6.07) is 6.56. The molecule has 0 atom stereocenters. The number of benzene rings is 1. The monoisotopic (exact) mass is 384 g/mol. The predicted molar refractivity (Wildman–Crippen MR) is 93.9 cm³/mol. The van der Waals surface area contributed by atoms with Crippen LogP contribution in [-0.2, 0) is 10.5 Å². The minimum Gasteiger partial charge on any atom is -0.323 e. The molecule has 2 amide bonds. The summed E-state index contributed by atoms with van der Waals surface area (Å²) in [6.07, 6.45) is 0. The fraction of sp³-hybridized carbons (Fsp3) is 0.286. The summed E-state index contributed by atoms with van der Waals surface area (Å²) in [5.41, 5.74) is 0.591. The molecule has 1 N–H and O–H groups in total. The van der Waals surface area contributed by atoms with Gasteiger partial charge in [-0.05, 0) is 11.6 Å². The molecule has 126 valence electrons. The van der Waals surface area contributed by atoms with E-state index < -0.39 is 0 Å². The Kier molecular flexibility index (Phi) is 5.69. The first-order valence-corrected chi connectivity index (χ1v) is 9.82. The molecule has 6 nitrogen and oxygen atoms in total. The summed E-state index contributed by atoms with van der Waals surface area (Å²) in [5, 5.41) is 10.8. The van der Waals surface area contributed by atoms with Crippen molar-refractivity contribution in [3.63, 3.8) is 0 Å². The van der Waals surface area contributed by atoms with E-state index >= 15 is 0 Å². The third-order valence-corrected chi connectivity index (χ3v) is 6.05. The number of hydrogen-bond donors (Lipinski definition) is 1. The predicted octanol–water partition coefficient (Wildman–Crippen LogP) is 3.08. The van der Waals surface area contributed by atoms with Crippen LogP contribution in [0.15, 0.2) is 28.6 Å². The third kappa shape index (κ3) is 4.46. The molecule has 0 bridgehead atoms. The van der Waals surface area contributed by atoms with Gasteiger partial charge < -0.3 is 4.90 Å². The maximum Gasteiger partial charge on any atom is 0.282 e. The van der Waals surface area contributed by atoms with E-state index in [1.165, 1.54) is 45.8 Å². The Hall–Kier alpha value is -1.65. The van der Waals surface area contributed by atoms with Gasteiger partial charge in [0.2, 0.25) is 11.0 Å². The lowest BCUT2D eigenvalue weighted by atomic mass is 10.2. The fourth-order valence-corrected chi connectivity index (χ4v) is 4.55. The van der Waals surface area contributed by atoms with E-state index in [9.17, 15) is 14.0 Å². The third-order valence-electron chi connectivity index (χ3n) is 3.14. The standard InChI is InChI=1S/C14H13FN4O2S3/c15-10-4-2-1-3-9(10)8-23-13-18-17-12(24-13)16-11(20)7-19-5-6-22-14(19)21/h1-4H,5-8H2,(H,16,17,20). The van der Waals surface area contributed by atoms with Crippen molar-refractivity contribution in [2.45, 2.75) is 10.1 Å². The van der Waals surface area contributed by atoms with Crippen LogP contribution in [-0.4, -0.2) is 45.1 Å². The van der Waals surface area contributed by atoms with Gasteiger partial charge in [-0.2, -0.15) is 0 Å². The lowest BCUT2D eigenvalue weighted by Gasteiger charge is -2.12. The Balaban J connectivity index is 1.51. The van der Waals surface area contributed by atoms with Gasteiger partial charge >= 0.3 is 0 Å². The second-order valence-electron chi connectivity index (χ2n) is 4.84. The van der Waals surface area contributed by atoms with Gasteiger partial charge in [-0.25, -0.2) is 4.39 Å². The van der Waals surface area contributed by atoms with E-state index in [-0.39, 0.29) is 23.5 Å². The van der Waals surface area contributed by atoms with Crippen molar-refractivity contribution in [2.75, 3.05) is 24.2 Å². The molecule has 1 aliphatic heterocycles. The maximum absolute atomic E-state index is 13.6. The van der Waals surface area contributed by atoms with E-state index in [0.717, 1.165) is 0 Å². The minimum absolute atomic E-state index is 0.0170. The SMILES string of the molecule is O=C(CN1CCSC1=O)Nc1nnc(SCc2ccccc2F)s1. The molecule has 0 aliphatic carbocycles. The normalized spacial score (nSPS) is 14.2. The Morgan fingerprint density at radius 2 is 2.21 bits per heavy atom. The highest BCUT2D eigenvalue weighted by atomic mass is 32.2. The molecular weight excluding hydrogens is 371 g/mol. The van der Waals surface area contributed by atoms with Crippen molar-refractivity contribution in [3.8, 4) is 0 Å². The highest BCUT2D eigenvalue weighted by Crippen LogP contribution is 2.29. The first-order chi connectivity index (χ1) is 11.6. The number of nitrogens with zero attached hydrogens (tertiary/aromatic N) is 3. The average molecular weight is 384 g/mol. The van der Waals surface area contributed by atoms with Crippen LogP contribution in [0.4, 0.5) is 14.3 Å². The molecule has 2 aromatic rings. The van der Waals surface area contributed by atoms with E-state index in [0.29, 0.717) is 33.1 Å². The zero-order chi connectivity index (χ0) is 16.9. The van der Waals surface area contributed by atoms with Gasteiger partial charge in [0.1, 0.15) is 12.4 Å². The van der Waals surface area contributed by atoms with E-state index in [1.807, 2.05) is 0 Å². The Bertz CT molecular complexity index is 755. The van der Waals surface area contributed by atoms with Gasteiger partial charge in [0.05, 0.1) is 0 Å². The summed E-state index contributed by atoms with van der Waals surface area (Å²) < 4.78 is 14.2. The topological polar surface area (TPSA) is 75.2 Å². The van der Waals surface area contributed by atoms with Crippen molar-refractivity contribution in [3.05, 3.63) is 35.6 Å². The van der Waals surface area contributed by atoms with Crippen LogP contribution in [0.3, 0.4) is 0 Å². The smallest absolute Gasteiger partial charge is 0.282 e. The molecule has 0 unspecified atom stereocenters. The highest BCUT2D eigenvalue weighted by Gasteiger charge is 2.23. The summed E-state index contributed by atoms with van der Waals surface area (Å²) >= 11 is 3.79. The van der Waals surface area contributed by atoms with Crippen LogP contribution in [0.2, 0.25) is 0 Å². The largest absolute Gasteiger partial charge is 0.323 e. The summed E-state index contributed by atoms with van der Waals surface area (Å²) in [7, 11) is 0. The van der Waals surface area contributed by atoms with Crippen molar-refractivity contribution >= 4 is 51.1 Å². The quantitative estimate of drug-likeness (QED) is 0.609. The van der Waals surface area contributed by atoms with E-state index in [1.54, 1.807) is 18.2 Å². The van der Waals surface area contributed by atoms with E-state index in [2.05, 4.69) is 15.5 Å². The number of carbonyl (C=O) groups is 2. The van der Waals surface area contributed by atoms with Gasteiger partial charge in [-0.3, -0.25) is 14.9 Å². The van der Waals surface area contributed by atoms with Crippen LogP contribution in [0.5, 0.6) is 0 Å². The van der Waals surface area contributed by atoms with Crippen molar-refractivity contribution < 1.29 is 14.0 Å². The molecule has 0 radical (unpaired) electrons. The highest BCUT2D eigenvalue weighted by molar-refractivity contribution is 8.13. The minimum atomic E-state index is -0.298. The summed E-state index contributed by atoms with van der Waals surface area (Å²) in [6.45, 7) is 0.597. The Labute approximate surface area is 150 Å². The number of nitrogens with one attached hydrogen (secondary N) is 1. The zero-order valence-electron chi connectivity index (χ0n) is 12.4. The molecule has 10 heteroatoms. The first-order valence-electron chi connectivity index (χ1n) is 7.03. The van der Waals surface area contributed by atoms with Gasteiger partial charge in [-0.15, -0.1) is 10.2 Å². The second kappa shape index (κ2) is 7.95. The first kappa shape index (κ1) is 17.2. The second-order valence-corrected chi connectivity index (χ2v) is 8.08. The van der Waals surface area contributed by atoms with Crippen molar-refractivity contribution in [1.29, 1.82) is 0 Å². The number of carbonyl (C=O) groups excluding carboxylic acids is 2. The summed E-state index contributed by atoms with van der Waals surface area (Å²) in [4.78, 5) is 24.9. The lowest BCUT2D eigenvalue weighted by Crippen LogP contribution is -2.33. The molecule has 1 saturated heterocycles. The number of thioether (sulfide) groups is 2. The number of halogens is 1. The van der Waals surface area contributed by atoms with Gasteiger partial charge in [0, 0.05) is 18.1 Å². The Morgan fingerprint density at radius 1 is 1.38 bits per heavy atom. The van der Waals surface area contributed by atoms with Gasteiger partial charge in [-0.1, -0.05) is 53.1 Å². The zero-order valence-corrected chi connectivity index (χ0v) is 14.8. The van der Waals surface area contributed by atoms with Crippen LogP contribution in [0.25, 0.3) is 0 Å². The van der Waals surface area contributed by atoms with Crippen LogP contribution in [0.1, 0.15) is 5.56 Å². The molecule has 3 rings (SSSR count). The van der Waals surface area contributed by atoms with E-state index in [4.69, 9.17) is 0 Å². The molecule has 1 fully saturated rings. The van der Waals surface area contributed by atoms with Crippen LogP contribution in [0, 0.1) is 5.82 Å². The van der Waals surface area contributed by atoms with Crippen LogP contribution >= 0.6 is 34.9 Å². The summed E-state index contributed by atoms with van der Waals surface area (Å²) in [5.74, 6) is 0.597. The number of amides is 2. The maximum atomic E-state index is 13.6. The molecule has 1 aliphatic rings. The molecule has 0 spiro atoms. The molecule has 1 aromatic carbocycles. The number of rotatable bonds is 6. The molecule has 0 saturated carbocycles. The molecular formula is C14H13FN4O2S3. The Morgan fingerprint density at radius 3 is 2.96 bits per heavy atom. The molecule has 24 heavy (non-hydrogen) atoms.